The average molecular weight is 280 g/mol. The zero-order chi connectivity index (χ0) is 14.7. The van der Waals surface area contributed by atoms with Crippen LogP contribution < -0.4 is 0 Å². The van der Waals surface area contributed by atoms with Crippen LogP contribution in [0.15, 0.2) is 36.5 Å². The van der Waals surface area contributed by atoms with Gasteiger partial charge in [0, 0.05) is 24.2 Å². The molecule has 108 valence electrons. The molecule has 2 rings (SSSR count). The molecule has 1 N–H and O–H groups in total. The van der Waals surface area contributed by atoms with Crippen LogP contribution in [0.5, 0.6) is 0 Å². The fourth-order valence-corrected chi connectivity index (χ4v) is 1.95. The maximum atomic E-state index is 12.4. The first kappa shape index (κ1) is 14.7. The molecule has 0 fully saturated rings. The van der Waals surface area contributed by atoms with E-state index in [-0.39, 0.29) is 11.6 Å². The zero-order valence-electron chi connectivity index (χ0n) is 11.5. The Morgan fingerprint density at radius 1 is 1.10 bits per heavy atom. The monoisotopic (exact) mass is 280 g/mol. The molecular weight excluding hydrogens is 262 g/mol. The van der Waals surface area contributed by atoms with E-state index in [4.69, 9.17) is 0 Å². The Labute approximate surface area is 116 Å². The van der Waals surface area contributed by atoms with Crippen molar-refractivity contribution in [2.24, 2.45) is 0 Å². The molecule has 20 heavy (non-hydrogen) atoms. The van der Waals surface area contributed by atoms with Crippen LogP contribution >= 0.6 is 0 Å². The lowest BCUT2D eigenvalue weighted by Crippen LogP contribution is -2.05. The standard InChI is InChI=1S/C15H18F2N2O/c1-10(2)19-8-7-13(18-19)9-14(20)11-3-5-12(6-4-11)15(16)17/h3-8,10,14-15,20H,9H2,1-2H3. The molecule has 1 atom stereocenters. The summed E-state index contributed by atoms with van der Waals surface area (Å²) in [4.78, 5) is 0. The number of benzene rings is 1. The molecule has 0 aliphatic rings. The second-order valence-corrected chi connectivity index (χ2v) is 5.07. The first-order valence-corrected chi connectivity index (χ1v) is 6.57. The quantitative estimate of drug-likeness (QED) is 0.907. The molecule has 0 spiro atoms. The second kappa shape index (κ2) is 6.13. The van der Waals surface area contributed by atoms with Gasteiger partial charge >= 0.3 is 0 Å². The van der Waals surface area contributed by atoms with E-state index in [2.05, 4.69) is 5.10 Å². The zero-order valence-corrected chi connectivity index (χ0v) is 11.5. The predicted molar refractivity (Wildman–Crippen MR) is 72.7 cm³/mol. The van der Waals surface area contributed by atoms with Gasteiger partial charge in [0.25, 0.3) is 6.43 Å². The van der Waals surface area contributed by atoms with Gasteiger partial charge in [0.15, 0.2) is 0 Å². The minimum atomic E-state index is -2.48. The van der Waals surface area contributed by atoms with Crippen molar-refractivity contribution in [1.29, 1.82) is 0 Å². The van der Waals surface area contributed by atoms with Gasteiger partial charge in [-0.05, 0) is 25.5 Å². The van der Waals surface area contributed by atoms with Gasteiger partial charge < -0.3 is 5.11 Å². The van der Waals surface area contributed by atoms with E-state index in [0.29, 0.717) is 12.0 Å². The molecule has 0 aliphatic carbocycles. The number of alkyl halides is 2. The molecule has 1 unspecified atom stereocenters. The summed E-state index contributed by atoms with van der Waals surface area (Å²) in [5.74, 6) is 0. The predicted octanol–water partition coefficient (Wildman–Crippen LogP) is 3.68. The average Bonchev–Trinajstić information content (AvgIpc) is 2.87. The molecule has 1 aromatic carbocycles. The van der Waals surface area contributed by atoms with E-state index in [1.165, 1.54) is 24.3 Å². The van der Waals surface area contributed by atoms with Gasteiger partial charge in [0.1, 0.15) is 0 Å². The van der Waals surface area contributed by atoms with Gasteiger partial charge in [0.05, 0.1) is 11.8 Å². The lowest BCUT2D eigenvalue weighted by molar-refractivity contribution is 0.150. The highest BCUT2D eigenvalue weighted by atomic mass is 19.3. The van der Waals surface area contributed by atoms with E-state index >= 15 is 0 Å². The summed E-state index contributed by atoms with van der Waals surface area (Å²) < 4.78 is 26.7. The van der Waals surface area contributed by atoms with E-state index in [0.717, 1.165) is 5.69 Å². The summed E-state index contributed by atoms with van der Waals surface area (Å²) in [5.41, 5.74) is 1.36. The molecule has 0 bridgehead atoms. The first-order chi connectivity index (χ1) is 9.47. The molecule has 1 aromatic heterocycles. The molecule has 0 aliphatic heterocycles. The maximum Gasteiger partial charge on any atom is 0.263 e. The SMILES string of the molecule is CC(C)n1ccc(CC(O)c2ccc(C(F)F)cc2)n1. The highest BCUT2D eigenvalue weighted by Crippen LogP contribution is 2.23. The van der Waals surface area contributed by atoms with Crippen LogP contribution in [0.1, 0.15) is 49.2 Å². The van der Waals surface area contributed by atoms with Gasteiger partial charge in [-0.2, -0.15) is 5.10 Å². The van der Waals surface area contributed by atoms with Crippen molar-refractivity contribution >= 4 is 0 Å². The number of nitrogens with zero attached hydrogens (tertiary/aromatic N) is 2. The van der Waals surface area contributed by atoms with E-state index in [1.807, 2.05) is 30.8 Å². The van der Waals surface area contributed by atoms with Gasteiger partial charge in [0.2, 0.25) is 0 Å². The van der Waals surface area contributed by atoms with Crippen LogP contribution in [0.2, 0.25) is 0 Å². The summed E-state index contributed by atoms with van der Waals surface area (Å²) in [5, 5.41) is 14.5. The van der Waals surface area contributed by atoms with Gasteiger partial charge in [-0.15, -0.1) is 0 Å². The third kappa shape index (κ3) is 3.42. The van der Waals surface area contributed by atoms with Gasteiger partial charge in [-0.1, -0.05) is 24.3 Å². The number of rotatable bonds is 5. The number of aliphatic hydroxyl groups excluding tert-OH is 1. The van der Waals surface area contributed by atoms with Crippen LogP contribution in [-0.4, -0.2) is 14.9 Å². The molecule has 0 amide bonds. The van der Waals surface area contributed by atoms with E-state index in [1.54, 1.807) is 0 Å². The summed E-state index contributed by atoms with van der Waals surface area (Å²) in [6.07, 6.45) is -0.986. The molecule has 3 nitrogen and oxygen atoms in total. The van der Waals surface area contributed by atoms with Gasteiger partial charge in [-0.3, -0.25) is 4.68 Å². The smallest absolute Gasteiger partial charge is 0.263 e. The third-order valence-corrected chi connectivity index (χ3v) is 3.17. The fourth-order valence-electron chi connectivity index (χ4n) is 1.95. The van der Waals surface area contributed by atoms with Crippen molar-refractivity contribution in [1.82, 2.24) is 9.78 Å². The summed E-state index contributed by atoms with van der Waals surface area (Å²) in [7, 11) is 0. The van der Waals surface area contributed by atoms with Crippen molar-refractivity contribution in [2.45, 2.75) is 38.8 Å². The Kier molecular flexibility index (Phi) is 4.49. The van der Waals surface area contributed by atoms with Crippen LogP contribution in [0.4, 0.5) is 8.78 Å². The number of aliphatic hydroxyl groups is 1. The lowest BCUT2D eigenvalue weighted by atomic mass is 10.0. The molecule has 0 saturated carbocycles. The summed E-state index contributed by atoms with van der Waals surface area (Å²) in [6.45, 7) is 4.05. The second-order valence-electron chi connectivity index (χ2n) is 5.07. The number of hydrogen-bond acceptors (Lipinski definition) is 2. The molecular formula is C15H18F2N2O. The Bertz CT molecular complexity index is 549. The van der Waals surface area contributed by atoms with Crippen LogP contribution in [0.3, 0.4) is 0 Å². The van der Waals surface area contributed by atoms with Crippen molar-refractivity contribution < 1.29 is 13.9 Å². The van der Waals surface area contributed by atoms with Crippen LogP contribution in [0, 0.1) is 0 Å². The summed E-state index contributed by atoms with van der Waals surface area (Å²) in [6, 6.07) is 7.88. The maximum absolute atomic E-state index is 12.4. The fraction of sp³-hybridized carbons (Fsp3) is 0.400. The third-order valence-electron chi connectivity index (χ3n) is 3.17. The van der Waals surface area contributed by atoms with Crippen molar-refractivity contribution in [3.05, 3.63) is 53.3 Å². The molecule has 5 heteroatoms. The van der Waals surface area contributed by atoms with Crippen molar-refractivity contribution in [3.8, 4) is 0 Å². The Hall–Kier alpha value is -1.75. The largest absolute Gasteiger partial charge is 0.388 e. The van der Waals surface area contributed by atoms with Crippen LogP contribution in [0.25, 0.3) is 0 Å². The number of aromatic nitrogens is 2. The minimum Gasteiger partial charge on any atom is -0.388 e. The molecule has 2 aromatic rings. The normalized spacial score (nSPS) is 13.2. The molecule has 1 heterocycles. The van der Waals surface area contributed by atoms with Crippen LogP contribution in [-0.2, 0) is 6.42 Å². The van der Waals surface area contributed by atoms with Crippen molar-refractivity contribution in [3.63, 3.8) is 0 Å². The Morgan fingerprint density at radius 2 is 1.70 bits per heavy atom. The first-order valence-electron chi connectivity index (χ1n) is 6.57. The highest BCUT2D eigenvalue weighted by Gasteiger charge is 2.13. The van der Waals surface area contributed by atoms with Crippen molar-refractivity contribution in [2.75, 3.05) is 0 Å². The topological polar surface area (TPSA) is 38.0 Å². The molecule has 0 radical (unpaired) electrons. The van der Waals surface area contributed by atoms with E-state index in [9.17, 15) is 13.9 Å². The summed E-state index contributed by atoms with van der Waals surface area (Å²) >= 11 is 0. The highest BCUT2D eigenvalue weighted by molar-refractivity contribution is 5.25. The van der Waals surface area contributed by atoms with E-state index < -0.39 is 12.5 Å². The molecule has 0 saturated heterocycles. The number of hydrogen-bond donors (Lipinski definition) is 1. The lowest BCUT2D eigenvalue weighted by Gasteiger charge is -2.10. The number of halogens is 2. The minimum absolute atomic E-state index is 0.0370. The van der Waals surface area contributed by atoms with Gasteiger partial charge in [-0.25, -0.2) is 8.78 Å². The Morgan fingerprint density at radius 3 is 2.20 bits per heavy atom. The Balaban J connectivity index is 2.05.